The molecule has 106 valence electrons. The zero-order valence-corrected chi connectivity index (χ0v) is 12.0. The van der Waals surface area contributed by atoms with Gasteiger partial charge in [0.1, 0.15) is 0 Å². The molecule has 1 saturated heterocycles. The maximum atomic E-state index is 11.8. The molecule has 0 saturated carbocycles. The average molecular weight is 265 g/mol. The van der Waals surface area contributed by atoms with Crippen molar-refractivity contribution in [3.63, 3.8) is 0 Å². The van der Waals surface area contributed by atoms with Gasteiger partial charge in [-0.15, -0.1) is 0 Å². The Morgan fingerprint density at radius 1 is 1.47 bits per heavy atom. The van der Waals surface area contributed by atoms with Crippen molar-refractivity contribution >= 4 is 11.7 Å². The number of anilines is 1. The lowest BCUT2D eigenvalue weighted by molar-refractivity contribution is 0.158. The second kappa shape index (κ2) is 5.95. The number of amides is 2. The van der Waals surface area contributed by atoms with Crippen molar-refractivity contribution in [2.24, 2.45) is 0 Å². The number of likely N-dealkylation sites (tertiary alicyclic amines) is 1. The molecule has 1 N–H and O–H groups in total. The molecular weight excluding hydrogens is 242 g/mol. The molecule has 0 aliphatic carbocycles. The van der Waals surface area contributed by atoms with E-state index >= 15 is 0 Å². The van der Waals surface area contributed by atoms with E-state index in [9.17, 15) is 4.79 Å². The number of nitrogens with one attached hydrogen (secondary N) is 1. The normalized spacial score (nSPS) is 16.5. The van der Waals surface area contributed by atoms with E-state index in [-0.39, 0.29) is 6.03 Å². The molecular formula is C13H23N5O. The molecule has 0 radical (unpaired) electrons. The van der Waals surface area contributed by atoms with Crippen LogP contribution >= 0.6 is 0 Å². The van der Waals surface area contributed by atoms with Gasteiger partial charge in [-0.1, -0.05) is 0 Å². The van der Waals surface area contributed by atoms with Gasteiger partial charge in [-0.25, -0.2) is 4.79 Å². The van der Waals surface area contributed by atoms with Gasteiger partial charge in [0.25, 0.3) is 0 Å². The number of carbonyl (C=O) groups excluding carboxylic acids is 1. The molecule has 6 nitrogen and oxygen atoms in total. The summed E-state index contributed by atoms with van der Waals surface area (Å²) in [6.45, 7) is 4.59. The first-order chi connectivity index (χ1) is 9.10. The van der Waals surface area contributed by atoms with Crippen LogP contribution in [0.1, 0.15) is 19.8 Å². The maximum Gasteiger partial charge on any atom is 0.319 e. The van der Waals surface area contributed by atoms with Gasteiger partial charge >= 0.3 is 6.03 Å². The zero-order chi connectivity index (χ0) is 13.8. The molecule has 0 atom stereocenters. The second-order valence-corrected chi connectivity index (χ2v) is 5.17. The van der Waals surface area contributed by atoms with Gasteiger partial charge in [0, 0.05) is 46.0 Å². The summed E-state index contributed by atoms with van der Waals surface area (Å²) in [6.07, 6.45) is 5.85. The number of piperidine rings is 1. The van der Waals surface area contributed by atoms with E-state index in [4.69, 9.17) is 0 Å². The predicted molar refractivity (Wildman–Crippen MR) is 75.2 cm³/mol. The Balaban J connectivity index is 1.81. The van der Waals surface area contributed by atoms with Crippen molar-refractivity contribution in [3.05, 3.63) is 12.4 Å². The van der Waals surface area contributed by atoms with E-state index in [1.807, 2.05) is 22.0 Å². The molecule has 0 aromatic carbocycles. The number of nitrogens with zero attached hydrogens (tertiary/aromatic N) is 4. The lowest BCUT2D eigenvalue weighted by atomic mass is 10.1. The Bertz CT molecular complexity index is 420. The minimum absolute atomic E-state index is 0.109. The molecule has 1 aromatic heterocycles. The highest BCUT2D eigenvalue weighted by molar-refractivity contribution is 5.73. The molecule has 6 heteroatoms. The quantitative estimate of drug-likeness (QED) is 0.900. The van der Waals surface area contributed by atoms with Crippen LogP contribution in [0.2, 0.25) is 0 Å². The Labute approximate surface area is 114 Å². The number of rotatable bonds is 3. The lowest BCUT2D eigenvalue weighted by Gasteiger charge is -2.34. The summed E-state index contributed by atoms with van der Waals surface area (Å²) < 4.78 is 1.91. The van der Waals surface area contributed by atoms with E-state index in [1.54, 1.807) is 19.0 Å². The molecule has 1 aliphatic heterocycles. The third-order valence-corrected chi connectivity index (χ3v) is 3.48. The first-order valence-corrected chi connectivity index (χ1v) is 6.85. The fourth-order valence-electron chi connectivity index (χ4n) is 2.34. The molecule has 19 heavy (non-hydrogen) atoms. The standard InChI is InChI=1S/C13H23N5O/c1-4-18-10-12(9-14-18)15-11-5-7-17(8-6-11)13(19)16(2)3/h9-11,15H,4-8H2,1-3H3. The molecule has 1 aromatic rings. The number of carbonyl (C=O) groups is 1. The van der Waals surface area contributed by atoms with Crippen molar-refractivity contribution in [2.45, 2.75) is 32.4 Å². The van der Waals surface area contributed by atoms with Gasteiger partial charge in [0.05, 0.1) is 11.9 Å². The molecule has 0 unspecified atom stereocenters. The van der Waals surface area contributed by atoms with Gasteiger partial charge in [-0.2, -0.15) is 5.10 Å². The summed E-state index contributed by atoms with van der Waals surface area (Å²) in [5, 5.41) is 7.74. The summed E-state index contributed by atoms with van der Waals surface area (Å²) in [6, 6.07) is 0.540. The average Bonchev–Trinajstić information content (AvgIpc) is 2.86. The van der Waals surface area contributed by atoms with Crippen molar-refractivity contribution in [2.75, 3.05) is 32.5 Å². The van der Waals surface area contributed by atoms with E-state index in [1.165, 1.54) is 0 Å². The van der Waals surface area contributed by atoms with Gasteiger partial charge in [0.2, 0.25) is 0 Å². The first kappa shape index (κ1) is 13.7. The van der Waals surface area contributed by atoms with Crippen LogP contribution in [0.25, 0.3) is 0 Å². The van der Waals surface area contributed by atoms with Crippen molar-refractivity contribution < 1.29 is 4.79 Å². The SMILES string of the molecule is CCn1cc(NC2CCN(C(=O)N(C)C)CC2)cn1. The number of aryl methyl sites for hydroxylation is 1. The van der Waals surface area contributed by atoms with Crippen LogP contribution in [-0.4, -0.2) is 58.8 Å². The summed E-state index contributed by atoms with van der Waals surface area (Å²) in [5.74, 6) is 0. The molecule has 0 bridgehead atoms. The van der Waals surface area contributed by atoms with Crippen LogP contribution in [0.5, 0.6) is 0 Å². The molecule has 1 fully saturated rings. The largest absolute Gasteiger partial charge is 0.380 e. The number of hydrogen-bond acceptors (Lipinski definition) is 3. The van der Waals surface area contributed by atoms with Crippen LogP contribution in [0.3, 0.4) is 0 Å². The van der Waals surface area contributed by atoms with Crippen molar-refractivity contribution in [1.82, 2.24) is 19.6 Å². The van der Waals surface area contributed by atoms with Crippen molar-refractivity contribution in [1.29, 1.82) is 0 Å². The van der Waals surface area contributed by atoms with Gasteiger partial charge < -0.3 is 15.1 Å². The van der Waals surface area contributed by atoms with Crippen LogP contribution in [-0.2, 0) is 6.54 Å². The van der Waals surface area contributed by atoms with Crippen LogP contribution in [0.15, 0.2) is 12.4 Å². The highest BCUT2D eigenvalue weighted by Crippen LogP contribution is 2.16. The third-order valence-electron chi connectivity index (χ3n) is 3.48. The minimum Gasteiger partial charge on any atom is -0.380 e. The summed E-state index contributed by atoms with van der Waals surface area (Å²) in [5.41, 5.74) is 1.07. The fraction of sp³-hybridized carbons (Fsp3) is 0.692. The lowest BCUT2D eigenvalue weighted by Crippen LogP contribution is -2.46. The van der Waals surface area contributed by atoms with Gasteiger partial charge in [-0.05, 0) is 19.8 Å². The topological polar surface area (TPSA) is 53.4 Å². The minimum atomic E-state index is 0.109. The fourth-order valence-corrected chi connectivity index (χ4v) is 2.34. The number of aromatic nitrogens is 2. The predicted octanol–water partition coefficient (Wildman–Crippen LogP) is 1.46. The maximum absolute atomic E-state index is 11.8. The number of hydrogen-bond donors (Lipinski definition) is 1. The highest BCUT2D eigenvalue weighted by Gasteiger charge is 2.23. The van der Waals surface area contributed by atoms with E-state index in [0.717, 1.165) is 38.2 Å². The van der Waals surface area contributed by atoms with Crippen LogP contribution in [0.4, 0.5) is 10.5 Å². The summed E-state index contributed by atoms with van der Waals surface area (Å²) in [7, 11) is 3.59. The van der Waals surface area contributed by atoms with Gasteiger partial charge in [0.15, 0.2) is 0 Å². The Hall–Kier alpha value is -1.72. The van der Waals surface area contributed by atoms with E-state index < -0.39 is 0 Å². The highest BCUT2D eigenvalue weighted by atomic mass is 16.2. The van der Waals surface area contributed by atoms with Crippen LogP contribution < -0.4 is 5.32 Å². The smallest absolute Gasteiger partial charge is 0.319 e. The summed E-state index contributed by atoms with van der Waals surface area (Å²) >= 11 is 0. The monoisotopic (exact) mass is 265 g/mol. The van der Waals surface area contributed by atoms with E-state index in [0.29, 0.717) is 6.04 Å². The summed E-state index contributed by atoms with van der Waals surface area (Å²) in [4.78, 5) is 15.4. The zero-order valence-electron chi connectivity index (χ0n) is 12.0. The molecule has 0 spiro atoms. The van der Waals surface area contributed by atoms with E-state index in [2.05, 4.69) is 17.3 Å². The van der Waals surface area contributed by atoms with Crippen molar-refractivity contribution in [3.8, 4) is 0 Å². The Morgan fingerprint density at radius 3 is 2.68 bits per heavy atom. The number of urea groups is 1. The Morgan fingerprint density at radius 2 is 2.16 bits per heavy atom. The molecule has 1 aliphatic rings. The molecule has 2 rings (SSSR count). The third kappa shape index (κ3) is 3.39. The molecule has 2 heterocycles. The van der Waals surface area contributed by atoms with Crippen LogP contribution in [0, 0.1) is 0 Å². The molecule has 2 amide bonds. The first-order valence-electron chi connectivity index (χ1n) is 6.85. The van der Waals surface area contributed by atoms with Gasteiger partial charge in [-0.3, -0.25) is 4.68 Å². The second-order valence-electron chi connectivity index (χ2n) is 5.17. The Kier molecular flexibility index (Phi) is 4.29.